The fourth-order valence-corrected chi connectivity index (χ4v) is 9.52. The molecule has 0 bridgehead atoms. The van der Waals surface area contributed by atoms with Crippen LogP contribution in [0.3, 0.4) is 0 Å². The Labute approximate surface area is 102 Å². The predicted molar refractivity (Wildman–Crippen MR) is 72.6 cm³/mol. The molecule has 0 aromatic heterocycles. The van der Waals surface area contributed by atoms with Crippen molar-refractivity contribution >= 4 is 30.1 Å². The number of nitrogens with one attached hydrogen (secondary N) is 1. The Morgan fingerprint density at radius 1 is 1.33 bits per heavy atom. The maximum absolute atomic E-state index is 5.96. The van der Waals surface area contributed by atoms with Gasteiger partial charge >= 0.3 is 6.92 Å². The van der Waals surface area contributed by atoms with E-state index in [9.17, 15) is 0 Å². The van der Waals surface area contributed by atoms with E-state index in [4.69, 9.17) is 9.05 Å². The van der Waals surface area contributed by atoms with E-state index in [0.717, 1.165) is 31.3 Å². The van der Waals surface area contributed by atoms with Crippen molar-refractivity contribution in [1.29, 1.82) is 0 Å². The minimum absolute atomic E-state index is 0.363. The smallest absolute Gasteiger partial charge is 0.268 e. The summed E-state index contributed by atoms with van der Waals surface area (Å²) in [5.74, 6) is 2.21. The number of hydrogen-bond donors (Lipinski definition) is 1. The summed E-state index contributed by atoms with van der Waals surface area (Å²) in [5.41, 5.74) is 0. The molecule has 0 saturated carbocycles. The molecule has 6 heteroatoms. The highest BCUT2D eigenvalue weighted by atomic mass is 32.7. The fraction of sp³-hybridized carbons (Fsp3) is 1.00. The Kier molecular flexibility index (Phi) is 6.90. The molecular weight excluding hydrogens is 249 g/mol. The van der Waals surface area contributed by atoms with Gasteiger partial charge in [0, 0.05) is 18.1 Å². The van der Waals surface area contributed by atoms with E-state index >= 15 is 0 Å². The minimum atomic E-state index is -1.78. The Morgan fingerprint density at radius 3 is 2.40 bits per heavy atom. The van der Waals surface area contributed by atoms with E-state index in [1.165, 1.54) is 0 Å². The third-order valence-corrected chi connectivity index (χ3v) is 10.2. The van der Waals surface area contributed by atoms with Gasteiger partial charge in [-0.2, -0.15) is 9.05 Å². The predicted octanol–water partition coefficient (Wildman–Crippen LogP) is 3.20. The third kappa shape index (κ3) is 3.76. The van der Waals surface area contributed by atoms with Crippen LogP contribution in [-0.2, 0) is 9.05 Å². The van der Waals surface area contributed by atoms with Gasteiger partial charge in [0.25, 0.3) is 0 Å². The average Bonchev–Trinajstić information content (AvgIpc) is 2.72. The lowest BCUT2D eigenvalue weighted by Crippen LogP contribution is -2.24. The van der Waals surface area contributed by atoms with Crippen molar-refractivity contribution in [1.82, 2.24) is 5.32 Å². The second kappa shape index (κ2) is 7.36. The van der Waals surface area contributed by atoms with Gasteiger partial charge in [0.05, 0.1) is 24.6 Å². The number of hydrogen-bond acceptors (Lipinski definition) is 5. The first-order valence-electron chi connectivity index (χ1n) is 5.46. The van der Waals surface area contributed by atoms with E-state index in [1.54, 1.807) is 0 Å². The molecule has 1 N–H and O–H groups in total. The Balaban J connectivity index is 2.68. The molecule has 0 aromatic carbocycles. The molecule has 15 heavy (non-hydrogen) atoms. The van der Waals surface area contributed by atoms with Gasteiger partial charge < -0.3 is 0 Å². The lowest BCUT2D eigenvalue weighted by molar-refractivity contribution is 0.260. The van der Waals surface area contributed by atoms with E-state index < -0.39 is 6.92 Å². The summed E-state index contributed by atoms with van der Waals surface area (Å²) in [6, 6.07) is 0. The van der Waals surface area contributed by atoms with Crippen LogP contribution in [0.2, 0.25) is 0 Å². The van der Waals surface area contributed by atoms with Gasteiger partial charge in [-0.05, 0) is 13.8 Å². The molecule has 1 rings (SSSR count). The minimum Gasteiger partial charge on any atom is -0.268 e. The fourth-order valence-electron chi connectivity index (χ4n) is 1.47. The zero-order valence-corrected chi connectivity index (χ0v) is 12.2. The molecule has 1 fully saturated rings. The van der Waals surface area contributed by atoms with Crippen LogP contribution in [0.1, 0.15) is 20.8 Å². The van der Waals surface area contributed by atoms with Crippen LogP contribution in [0.4, 0.5) is 0 Å². The first-order chi connectivity index (χ1) is 7.29. The summed E-state index contributed by atoms with van der Waals surface area (Å²) in [7, 11) is 0. The largest absolute Gasteiger partial charge is 0.361 e. The molecule has 0 aromatic rings. The van der Waals surface area contributed by atoms with E-state index in [2.05, 4.69) is 12.2 Å². The summed E-state index contributed by atoms with van der Waals surface area (Å²) < 4.78 is 11.9. The molecule has 1 atom stereocenters. The van der Waals surface area contributed by atoms with Crippen LogP contribution in [-0.4, -0.2) is 36.4 Å². The lowest BCUT2D eigenvalue weighted by Gasteiger charge is -2.25. The van der Waals surface area contributed by atoms with Crippen LogP contribution in [0, 0.1) is 0 Å². The topological polar surface area (TPSA) is 30.5 Å². The van der Waals surface area contributed by atoms with Crippen molar-refractivity contribution in [3.8, 4) is 0 Å². The van der Waals surface area contributed by atoms with Crippen LogP contribution in [0.15, 0.2) is 0 Å². The summed E-state index contributed by atoms with van der Waals surface area (Å²) in [5, 5.41) is 3.86. The normalized spacial score (nSPS) is 22.2. The Hall–Kier alpha value is 1.01. The molecule has 3 nitrogen and oxygen atoms in total. The zero-order chi connectivity index (χ0) is 11.1. The maximum atomic E-state index is 5.96. The SMILES string of the molecule is CCO[P+](OCC)(SCC)C1NCCS1. The van der Waals surface area contributed by atoms with Crippen molar-refractivity contribution < 1.29 is 9.05 Å². The highest BCUT2D eigenvalue weighted by molar-refractivity contribution is 8.61. The van der Waals surface area contributed by atoms with Crippen molar-refractivity contribution in [3.63, 3.8) is 0 Å². The van der Waals surface area contributed by atoms with Crippen molar-refractivity contribution in [2.45, 2.75) is 25.9 Å². The molecular formula is C9H21NO2PS2+. The molecule has 1 aliphatic rings. The molecule has 0 radical (unpaired) electrons. The maximum Gasteiger partial charge on any atom is 0.361 e. The van der Waals surface area contributed by atoms with Crippen LogP contribution >= 0.6 is 30.1 Å². The zero-order valence-electron chi connectivity index (χ0n) is 9.69. The van der Waals surface area contributed by atoms with Crippen molar-refractivity contribution in [3.05, 3.63) is 0 Å². The average molecular weight is 270 g/mol. The van der Waals surface area contributed by atoms with Gasteiger partial charge in [-0.25, -0.2) is 0 Å². The Morgan fingerprint density at radius 2 is 2.00 bits per heavy atom. The number of thioether (sulfide) groups is 1. The molecule has 1 saturated heterocycles. The van der Waals surface area contributed by atoms with Crippen molar-refractivity contribution in [2.24, 2.45) is 0 Å². The van der Waals surface area contributed by atoms with Gasteiger partial charge in [0.1, 0.15) is 0 Å². The molecule has 0 spiro atoms. The van der Waals surface area contributed by atoms with Crippen molar-refractivity contribution in [2.75, 3.05) is 31.3 Å². The summed E-state index contributed by atoms with van der Waals surface area (Å²) >= 11 is 3.79. The summed E-state index contributed by atoms with van der Waals surface area (Å²) in [6.07, 6.45) is 0. The summed E-state index contributed by atoms with van der Waals surface area (Å²) in [4.78, 5) is 0. The highest BCUT2D eigenvalue weighted by Crippen LogP contribution is 2.76. The molecule has 1 heterocycles. The van der Waals surface area contributed by atoms with Crippen LogP contribution in [0.5, 0.6) is 0 Å². The molecule has 90 valence electrons. The summed E-state index contributed by atoms with van der Waals surface area (Å²) in [6.45, 7) is 7.02. The lowest BCUT2D eigenvalue weighted by atomic mass is 10.8. The Bertz CT molecular complexity index is 162. The second-order valence-electron chi connectivity index (χ2n) is 2.97. The first kappa shape index (κ1) is 14.1. The second-order valence-corrected chi connectivity index (χ2v) is 9.78. The standard InChI is InChI=1S/C9H21NO2PS2/c1-4-11-13(12-5-2,15-6-3)9-10-7-8-14-9/h9-10H,4-8H2,1-3H3/q+1. The molecule has 0 amide bonds. The monoisotopic (exact) mass is 270 g/mol. The van der Waals surface area contributed by atoms with Crippen LogP contribution in [0.25, 0.3) is 0 Å². The van der Waals surface area contributed by atoms with E-state index in [-0.39, 0.29) is 0 Å². The molecule has 0 aliphatic carbocycles. The van der Waals surface area contributed by atoms with Gasteiger partial charge in [0.2, 0.25) is 5.11 Å². The first-order valence-corrected chi connectivity index (χ1v) is 9.79. The van der Waals surface area contributed by atoms with Gasteiger partial charge in [-0.15, -0.1) is 0 Å². The van der Waals surface area contributed by atoms with Gasteiger partial charge in [0.15, 0.2) is 0 Å². The van der Waals surface area contributed by atoms with Crippen LogP contribution < -0.4 is 5.32 Å². The van der Waals surface area contributed by atoms with Gasteiger partial charge in [-0.1, -0.05) is 18.7 Å². The highest BCUT2D eigenvalue weighted by Gasteiger charge is 2.53. The molecule has 1 aliphatic heterocycles. The van der Waals surface area contributed by atoms with E-state index in [0.29, 0.717) is 5.11 Å². The quantitative estimate of drug-likeness (QED) is 0.718. The number of rotatable bonds is 7. The van der Waals surface area contributed by atoms with E-state index in [1.807, 2.05) is 37.0 Å². The molecule has 1 unspecified atom stereocenters. The van der Waals surface area contributed by atoms with Gasteiger partial charge in [-0.3, -0.25) is 5.32 Å². The third-order valence-electron chi connectivity index (χ3n) is 1.91.